The summed E-state index contributed by atoms with van der Waals surface area (Å²) in [6.45, 7) is 1.75. The summed E-state index contributed by atoms with van der Waals surface area (Å²) in [6.07, 6.45) is 7.07. The van der Waals surface area contributed by atoms with E-state index >= 15 is 0 Å². The summed E-state index contributed by atoms with van der Waals surface area (Å²) in [4.78, 5) is 10.7. The second-order valence-corrected chi connectivity index (χ2v) is 4.92. The number of nitrogens with two attached hydrogens (primary N) is 1. The standard InChI is InChI=1S/C10H15IN4/c11-9-6-13-7-14-10(9)15(5-1-4-12)8-2-3-8/h6-8H,1-5,12H2. The first kappa shape index (κ1) is 11.1. The van der Waals surface area contributed by atoms with Gasteiger partial charge in [-0.25, -0.2) is 9.97 Å². The lowest BCUT2D eigenvalue weighted by Gasteiger charge is -2.23. The van der Waals surface area contributed by atoms with Crippen molar-refractivity contribution in [3.63, 3.8) is 0 Å². The SMILES string of the molecule is NCCCN(c1ncncc1I)C1CC1. The summed E-state index contributed by atoms with van der Waals surface area (Å²) < 4.78 is 1.12. The molecule has 0 radical (unpaired) electrons. The lowest BCUT2D eigenvalue weighted by molar-refractivity contribution is 0.719. The fraction of sp³-hybridized carbons (Fsp3) is 0.600. The molecule has 5 heteroatoms. The van der Waals surface area contributed by atoms with Crippen LogP contribution < -0.4 is 10.6 Å². The third-order valence-electron chi connectivity index (χ3n) is 2.51. The first-order valence-electron chi connectivity index (χ1n) is 5.25. The Morgan fingerprint density at radius 3 is 2.93 bits per heavy atom. The highest BCUT2D eigenvalue weighted by molar-refractivity contribution is 14.1. The van der Waals surface area contributed by atoms with Crippen LogP contribution in [0.5, 0.6) is 0 Å². The molecule has 0 amide bonds. The zero-order valence-electron chi connectivity index (χ0n) is 8.56. The van der Waals surface area contributed by atoms with Gasteiger partial charge in [-0.3, -0.25) is 0 Å². The van der Waals surface area contributed by atoms with Gasteiger partial charge in [-0.05, 0) is 48.4 Å². The van der Waals surface area contributed by atoms with Crippen molar-refractivity contribution >= 4 is 28.4 Å². The van der Waals surface area contributed by atoms with Crippen LogP contribution in [0.15, 0.2) is 12.5 Å². The second kappa shape index (κ2) is 5.07. The van der Waals surface area contributed by atoms with Crippen LogP contribution in [0.1, 0.15) is 19.3 Å². The van der Waals surface area contributed by atoms with Gasteiger partial charge in [0.25, 0.3) is 0 Å². The number of rotatable bonds is 5. The van der Waals surface area contributed by atoms with Crippen molar-refractivity contribution in [1.82, 2.24) is 9.97 Å². The van der Waals surface area contributed by atoms with Crippen molar-refractivity contribution in [1.29, 1.82) is 0 Å². The smallest absolute Gasteiger partial charge is 0.145 e. The zero-order chi connectivity index (χ0) is 10.7. The van der Waals surface area contributed by atoms with Gasteiger partial charge >= 0.3 is 0 Å². The van der Waals surface area contributed by atoms with E-state index in [2.05, 4.69) is 37.5 Å². The maximum atomic E-state index is 5.55. The van der Waals surface area contributed by atoms with Gasteiger partial charge in [0, 0.05) is 18.8 Å². The van der Waals surface area contributed by atoms with Gasteiger partial charge in [-0.1, -0.05) is 0 Å². The Balaban J connectivity index is 2.13. The minimum atomic E-state index is 0.681. The number of hydrogen-bond acceptors (Lipinski definition) is 4. The first-order valence-corrected chi connectivity index (χ1v) is 6.33. The lowest BCUT2D eigenvalue weighted by atomic mass is 10.3. The predicted octanol–water partition coefficient (Wildman–Crippen LogP) is 1.40. The van der Waals surface area contributed by atoms with Gasteiger partial charge in [-0.15, -0.1) is 0 Å². The van der Waals surface area contributed by atoms with Crippen molar-refractivity contribution in [2.45, 2.75) is 25.3 Å². The van der Waals surface area contributed by atoms with Gasteiger partial charge in [0.2, 0.25) is 0 Å². The molecule has 0 aliphatic heterocycles. The van der Waals surface area contributed by atoms with Gasteiger partial charge in [0.15, 0.2) is 0 Å². The molecule has 15 heavy (non-hydrogen) atoms. The quantitative estimate of drug-likeness (QED) is 0.834. The largest absolute Gasteiger partial charge is 0.353 e. The minimum absolute atomic E-state index is 0.681. The highest BCUT2D eigenvalue weighted by Crippen LogP contribution is 2.32. The van der Waals surface area contributed by atoms with E-state index in [1.165, 1.54) is 12.8 Å². The van der Waals surface area contributed by atoms with E-state index in [0.717, 1.165) is 28.9 Å². The molecule has 0 unspecified atom stereocenters. The van der Waals surface area contributed by atoms with Gasteiger partial charge in [-0.2, -0.15) is 0 Å². The normalized spacial score (nSPS) is 15.3. The summed E-state index contributed by atoms with van der Waals surface area (Å²) in [5.74, 6) is 1.07. The monoisotopic (exact) mass is 318 g/mol. The Morgan fingerprint density at radius 2 is 2.33 bits per heavy atom. The van der Waals surface area contributed by atoms with Gasteiger partial charge in [0.1, 0.15) is 12.1 Å². The van der Waals surface area contributed by atoms with Crippen LogP contribution in [0.2, 0.25) is 0 Å². The summed E-state index contributed by atoms with van der Waals surface area (Å²) in [6, 6.07) is 0.681. The van der Waals surface area contributed by atoms with Crippen LogP contribution in [-0.4, -0.2) is 29.1 Å². The number of aromatic nitrogens is 2. The molecule has 0 atom stereocenters. The van der Waals surface area contributed by atoms with Crippen LogP contribution in [0.25, 0.3) is 0 Å². The number of hydrogen-bond donors (Lipinski definition) is 1. The van der Waals surface area contributed by atoms with Crippen molar-refractivity contribution in [3.8, 4) is 0 Å². The summed E-state index contributed by atoms with van der Waals surface area (Å²) in [5.41, 5.74) is 5.55. The van der Waals surface area contributed by atoms with Crippen LogP contribution in [0.4, 0.5) is 5.82 Å². The Morgan fingerprint density at radius 1 is 1.53 bits per heavy atom. The van der Waals surface area contributed by atoms with E-state index in [1.807, 2.05) is 6.20 Å². The molecule has 1 fully saturated rings. The van der Waals surface area contributed by atoms with Crippen molar-refractivity contribution in [2.75, 3.05) is 18.0 Å². The maximum absolute atomic E-state index is 5.55. The number of anilines is 1. The zero-order valence-corrected chi connectivity index (χ0v) is 10.7. The Labute approximate surface area is 103 Å². The molecule has 1 aromatic heterocycles. The third-order valence-corrected chi connectivity index (χ3v) is 3.27. The second-order valence-electron chi connectivity index (χ2n) is 3.76. The van der Waals surface area contributed by atoms with E-state index < -0.39 is 0 Å². The highest BCUT2D eigenvalue weighted by Gasteiger charge is 2.30. The molecule has 1 aliphatic rings. The summed E-state index contributed by atoms with van der Waals surface area (Å²) >= 11 is 2.29. The van der Waals surface area contributed by atoms with E-state index in [-0.39, 0.29) is 0 Å². The molecule has 4 nitrogen and oxygen atoms in total. The van der Waals surface area contributed by atoms with Crippen LogP contribution in [0, 0.1) is 3.57 Å². The molecule has 1 saturated carbocycles. The molecule has 1 heterocycles. The van der Waals surface area contributed by atoms with Crippen LogP contribution >= 0.6 is 22.6 Å². The molecule has 0 saturated heterocycles. The molecular weight excluding hydrogens is 303 g/mol. The van der Waals surface area contributed by atoms with Crippen molar-refractivity contribution in [2.24, 2.45) is 5.73 Å². The average Bonchev–Trinajstić information content (AvgIpc) is 3.05. The fourth-order valence-electron chi connectivity index (χ4n) is 1.63. The lowest BCUT2D eigenvalue weighted by Crippen LogP contribution is -2.29. The average molecular weight is 318 g/mol. The maximum Gasteiger partial charge on any atom is 0.145 e. The van der Waals surface area contributed by atoms with E-state index in [0.29, 0.717) is 6.04 Å². The van der Waals surface area contributed by atoms with E-state index in [4.69, 9.17) is 5.73 Å². The van der Waals surface area contributed by atoms with Gasteiger partial charge in [0.05, 0.1) is 3.57 Å². The summed E-state index contributed by atoms with van der Waals surface area (Å²) in [7, 11) is 0. The summed E-state index contributed by atoms with van der Waals surface area (Å²) in [5, 5.41) is 0. The minimum Gasteiger partial charge on any atom is -0.353 e. The van der Waals surface area contributed by atoms with Crippen molar-refractivity contribution in [3.05, 3.63) is 16.1 Å². The third kappa shape index (κ3) is 2.78. The topological polar surface area (TPSA) is 55.0 Å². The highest BCUT2D eigenvalue weighted by atomic mass is 127. The Hall–Kier alpha value is -0.430. The van der Waals surface area contributed by atoms with Crippen LogP contribution in [0.3, 0.4) is 0 Å². The Bertz CT molecular complexity index is 327. The number of nitrogens with zero attached hydrogens (tertiary/aromatic N) is 3. The molecule has 1 aliphatic carbocycles. The molecule has 82 valence electrons. The molecule has 0 bridgehead atoms. The molecule has 1 aromatic rings. The van der Waals surface area contributed by atoms with E-state index in [1.54, 1.807) is 6.33 Å². The Kier molecular flexibility index (Phi) is 3.74. The molecule has 2 N–H and O–H groups in total. The molecule has 0 aromatic carbocycles. The van der Waals surface area contributed by atoms with E-state index in [9.17, 15) is 0 Å². The predicted molar refractivity (Wildman–Crippen MR) is 68.8 cm³/mol. The number of halogens is 1. The fourth-order valence-corrected chi connectivity index (χ4v) is 2.24. The van der Waals surface area contributed by atoms with Gasteiger partial charge < -0.3 is 10.6 Å². The first-order chi connectivity index (χ1) is 7.33. The molecule has 2 rings (SSSR count). The van der Waals surface area contributed by atoms with Crippen molar-refractivity contribution < 1.29 is 0 Å². The van der Waals surface area contributed by atoms with Crippen LogP contribution in [-0.2, 0) is 0 Å². The molecule has 0 spiro atoms. The molecular formula is C10H15IN4.